The summed E-state index contributed by atoms with van der Waals surface area (Å²) < 4.78 is 0. The van der Waals surface area contributed by atoms with Gasteiger partial charge in [0.05, 0.1) is 17.1 Å². The summed E-state index contributed by atoms with van der Waals surface area (Å²) in [6.45, 7) is 1.26. The molecule has 0 saturated heterocycles. The van der Waals surface area contributed by atoms with Gasteiger partial charge in [-0.25, -0.2) is 0 Å². The highest BCUT2D eigenvalue weighted by molar-refractivity contribution is 5.80. The van der Waals surface area contributed by atoms with Crippen LogP contribution in [0.2, 0.25) is 0 Å². The number of nitro groups is 1. The molecule has 0 bridgehead atoms. The molecule has 1 aromatic rings. The van der Waals surface area contributed by atoms with Crippen molar-refractivity contribution in [3.8, 4) is 0 Å². The maximum absolute atomic E-state index is 10.5. The second-order valence-corrected chi connectivity index (χ2v) is 3.15. The normalized spacial score (nSPS) is 12.3. The van der Waals surface area contributed by atoms with Crippen LogP contribution in [0, 0.1) is 10.1 Å². The van der Waals surface area contributed by atoms with E-state index in [1.54, 1.807) is 6.07 Å². The van der Waals surface area contributed by atoms with E-state index in [1.165, 1.54) is 31.3 Å². The van der Waals surface area contributed by atoms with Crippen molar-refractivity contribution in [2.75, 3.05) is 0 Å². The maximum Gasteiger partial charge on any atom is 0.270 e. The van der Waals surface area contributed by atoms with E-state index in [0.717, 1.165) is 0 Å². The summed E-state index contributed by atoms with van der Waals surface area (Å²) in [4.78, 5) is 24.8. The van der Waals surface area contributed by atoms with Gasteiger partial charge in [-0.2, -0.15) is 0 Å². The molecule has 7 nitrogen and oxygen atoms in total. The van der Waals surface area contributed by atoms with Crippen molar-refractivity contribution in [2.45, 2.75) is 13.0 Å². The van der Waals surface area contributed by atoms with Gasteiger partial charge in [0.15, 0.2) is 6.10 Å². The third-order valence-corrected chi connectivity index (χ3v) is 1.83. The third-order valence-electron chi connectivity index (χ3n) is 1.83. The molecule has 0 aliphatic heterocycles. The molecule has 0 unspecified atom stereocenters. The fourth-order valence-corrected chi connectivity index (χ4v) is 0.944. The highest BCUT2D eigenvalue weighted by atomic mass is 16.6. The minimum Gasteiger partial charge on any atom is -0.546 e. The summed E-state index contributed by atoms with van der Waals surface area (Å²) in [5.74, 6) is -1.39. The Labute approximate surface area is 96.5 Å². The topological polar surface area (TPSA) is 105 Å². The average Bonchev–Trinajstić information content (AvgIpc) is 2.29. The van der Waals surface area contributed by atoms with Gasteiger partial charge in [-0.3, -0.25) is 10.1 Å². The smallest absolute Gasteiger partial charge is 0.270 e. The maximum atomic E-state index is 10.5. The summed E-state index contributed by atoms with van der Waals surface area (Å²) in [5, 5.41) is 24.1. The van der Waals surface area contributed by atoms with Crippen molar-refractivity contribution in [1.29, 1.82) is 0 Å². The van der Waals surface area contributed by atoms with Gasteiger partial charge in [-0.1, -0.05) is 17.3 Å². The number of hydrogen-bond acceptors (Lipinski definition) is 6. The van der Waals surface area contributed by atoms with Gasteiger partial charge >= 0.3 is 0 Å². The molecule has 0 amide bonds. The van der Waals surface area contributed by atoms with Crippen LogP contribution >= 0.6 is 0 Å². The molecule has 90 valence electrons. The quantitative estimate of drug-likeness (QED) is 0.409. The number of carbonyl (C=O) groups is 1. The highest BCUT2D eigenvalue weighted by Crippen LogP contribution is 2.11. The molecule has 0 heterocycles. The van der Waals surface area contributed by atoms with Gasteiger partial charge in [0.2, 0.25) is 0 Å². The Balaban J connectivity index is 2.68. The number of non-ortho nitro benzene ring substituents is 1. The Morgan fingerprint density at radius 2 is 2.29 bits per heavy atom. The molecule has 1 rings (SSSR count). The van der Waals surface area contributed by atoms with E-state index in [-0.39, 0.29) is 5.69 Å². The molecule has 0 saturated carbocycles. The molecule has 0 fully saturated rings. The average molecular weight is 237 g/mol. The van der Waals surface area contributed by atoms with Crippen LogP contribution in [0.3, 0.4) is 0 Å². The molecule has 1 atom stereocenters. The molecule has 0 aliphatic rings. The highest BCUT2D eigenvalue weighted by Gasteiger charge is 2.04. The van der Waals surface area contributed by atoms with Crippen LogP contribution in [0.5, 0.6) is 0 Å². The summed E-state index contributed by atoms with van der Waals surface area (Å²) >= 11 is 0. The molecule has 17 heavy (non-hydrogen) atoms. The van der Waals surface area contributed by atoms with E-state index in [1.807, 2.05) is 0 Å². The van der Waals surface area contributed by atoms with E-state index >= 15 is 0 Å². The van der Waals surface area contributed by atoms with E-state index in [2.05, 4.69) is 9.99 Å². The van der Waals surface area contributed by atoms with Crippen molar-refractivity contribution in [3.63, 3.8) is 0 Å². The first-order valence-corrected chi connectivity index (χ1v) is 4.65. The largest absolute Gasteiger partial charge is 0.546 e. The minimum atomic E-state index is -1.39. The fraction of sp³-hybridized carbons (Fsp3) is 0.200. The Hall–Kier alpha value is -2.44. The van der Waals surface area contributed by atoms with Gasteiger partial charge < -0.3 is 14.7 Å². The Morgan fingerprint density at radius 1 is 1.59 bits per heavy atom. The van der Waals surface area contributed by atoms with Crippen molar-refractivity contribution < 1.29 is 19.7 Å². The van der Waals surface area contributed by atoms with Gasteiger partial charge in [0.25, 0.3) is 5.69 Å². The monoisotopic (exact) mass is 237 g/mol. The van der Waals surface area contributed by atoms with Gasteiger partial charge in [-0.05, 0) is 6.92 Å². The standard InChI is InChI=1S/C10H10N2O5/c1-7(10(13)14)17-11-6-8-3-2-4-9(5-8)12(15)16/h2-7H,1H3,(H,13,14)/p-1/b11-6-/t7-/m1/s1. The number of aliphatic carboxylic acids is 1. The molecule has 0 N–H and O–H groups in total. The van der Waals surface area contributed by atoms with Crippen LogP contribution in [0.25, 0.3) is 0 Å². The SMILES string of the molecule is C[C@@H](O/N=C\c1cccc([N+](=O)[O-])c1)C(=O)[O-]. The number of carboxylic acid groups (broad SMARTS) is 1. The van der Waals surface area contributed by atoms with Gasteiger partial charge in [0.1, 0.15) is 0 Å². The number of carbonyl (C=O) groups excluding carboxylic acids is 1. The predicted molar refractivity (Wildman–Crippen MR) is 56.2 cm³/mol. The predicted octanol–water partition coefficient (Wildman–Crippen LogP) is 0.0837. The lowest BCUT2D eigenvalue weighted by molar-refractivity contribution is -0.384. The molecular formula is C10H9N2O5-. The molecule has 0 aromatic heterocycles. The number of nitro benzene ring substituents is 1. The van der Waals surface area contributed by atoms with E-state index in [9.17, 15) is 20.0 Å². The van der Waals surface area contributed by atoms with Crippen molar-refractivity contribution >= 4 is 17.9 Å². The third kappa shape index (κ3) is 3.90. The van der Waals surface area contributed by atoms with Crippen LogP contribution < -0.4 is 5.11 Å². The summed E-state index contributed by atoms with van der Waals surface area (Å²) in [6, 6.07) is 5.68. The van der Waals surface area contributed by atoms with Crippen molar-refractivity contribution in [2.24, 2.45) is 5.16 Å². The van der Waals surface area contributed by atoms with Crippen molar-refractivity contribution in [3.05, 3.63) is 39.9 Å². The van der Waals surface area contributed by atoms with Crippen LogP contribution in [-0.2, 0) is 9.63 Å². The second kappa shape index (κ2) is 5.59. The number of benzene rings is 1. The Morgan fingerprint density at radius 3 is 2.88 bits per heavy atom. The number of hydrogen-bond donors (Lipinski definition) is 0. The molecule has 1 aromatic carbocycles. The van der Waals surface area contributed by atoms with E-state index < -0.39 is 17.0 Å². The molecular weight excluding hydrogens is 228 g/mol. The first-order valence-electron chi connectivity index (χ1n) is 4.65. The van der Waals surface area contributed by atoms with Crippen molar-refractivity contribution in [1.82, 2.24) is 0 Å². The number of carboxylic acids is 1. The summed E-state index contributed by atoms with van der Waals surface area (Å²) in [6.07, 6.45) is 0.0110. The van der Waals surface area contributed by atoms with E-state index in [4.69, 9.17) is 0 Å². The second-order valence-electron chi connectivity index (χ2n) is 3.15. The van der Waals surface area contributed by atoms with Gasteiger partial charge in [-0.15, -0.1) is 0 Å². The number of oxime groups is 1. The minimum absolute atomic E-state index is 0.0816. The zero-order valence-corrected chi connectivity index (χ0v) is 8.90. The fourth-order valence-electron chi connectivity index (χ4n) is 0.944. The Kier molecular flexibility index (Phi) is 4.15. The van der Waals surface area contributed by atoms with Crippen LogP contribution in [0.1, 0.15) is 12.5 Å². The lowest BCUT2D eigenvalue weighted by Gasteiger charge is -2.08. The van der Waals surface area contributed by atoms with Crippen LogP contribution in [-0.4, -0.2) is 23.2 Å². The van der Waals surface area contributed by atoms with Crippen LogP contribution in [0.4, 0.5) is 5.69 Å². The number of rotatable bonds is 5. The van der Waals surface area contributed by atoms with Crippen LogP contribution in [0.15, 0.2) is 29.4 Å². The Bertz CT molecular complexity index is 458. The molecule has 0 spiro atoms. The zero-order chi connectivity index (χ0) is 12.8. The first-order chi connectivity index (χ1) is 8.00. The number of nitrogens with zero attached hydrogens (tertiary/aromatic N) is 2. The summed E-state index contributed by atoms with van der Waals surface area (Å²) in [5.41, 5.74) is 0.353. The molecule has 0 aliphatic carbocycles. The lowest BCUT2D eigenvalue weighted by atomic mass is 10.2. The lowest BCUT2D eigenvalue weighted by Crippen LogP contribution is -2.34. The first kappa shape index (κ1) is 12.6. The molecule has 0 radical (unpaired) electrons. The van der Waals surface area contributed by atoms with E-state index in [0.29, 0.717) is 5.56 Å². The summed E-state index contributed by atoms with van der Waals surface area (Å²) in [7, 11) is 0. The zero-order valence-electron chi connectivity index (χ0n) is 8.90. The van der Waals surface area contributed by atoms with Gasteiger partial charge in [0, 0.05) is 17.7 Å². The molecule has 7 heteroatoms.